The summed E-state index contributed by atoms with van der Waals surface area (Å²) in [5.41, 5.74) is 3.04. The standard InChI is InChI=1S/C19H17N3O4/c1-12-13(2)26-19(20-12)15-5-7-16(8-6-15)21-18(23)11-14-3-9-17(10-4-14)22(24)25/h3-10H,11H2,1-2H3,(H,21,23). The van der Waals surface area contributed by atoms with Crippen LogP contribution < -0.4 is 5.32 Å². The molecule has 3 aromatic rings. The summed E-state index contributed by atoms with van der Waals surface area (Å²) in [6, 6.07) is 13.1. The second kappa shape index (κ2) is 7.18. The number of amides is 1. The van der Waals surface area contributed by atoms with Crippen molar-refractivity contribution in [1.82, 2.24) is 4.98 Å². The average Bonchev–Trinajstić information content (AvgIpc) is 2.95. The van der Waals surface area contributed by atoms with Gasteiger partial charge in [0, 0.05) is 23.4 Å². The first-order valence-electron chi connectivity index (χ1n) is 8.00. The third kappa shape index (κ3) is 3.94. The van der Waals surface area contributed by atoms with Crippen LogP contribution >= 0.6 is 0 Å². The van der Waals surface area contributed by atoms with Crippen LogP contribution in [0.4, 0.5) is 11.4 Å². The van der Waals surface area contributed by atoms with Crippen LogP contribution in [-0.4, -0.2) is 15.8 Å². The van der Waals surface area contributed by atoms with E-state index < -0.39 is 4.92 Å². The van der Waals surface area contributed by atoms with Crippen LogP contribution in [0.1, 0.15) is 17.0 Å². The van der Waals surface area contributed by atoms with Crippen molar-refractivity contribution in [3.05, 3.63) is 75.7 Å². The predicted octanol–water partition coefficient (Wildman–Crippen LogP) is 4.05. The number of carbonyl (C=O) groups is 1. The van der Waals surface area contributed by atoms with Crippen molar-refractivity contribution in [3.8, 4) is 11.5 Å². The van der Waals surface area contributed by atoms with Gasteiger partial charge in [-0.05, 0) is 43.7 Å². The average molecular weight is 351 g/mol. The maximum Gasteiger partial charge on any atom is 0.269 e. The van der Waals surface area contributed by atoms with E-state index in [0.717, 1.165) is 17.0 Å². The number of hydrogen-bond donors (Lipinski definition) is 1. The number of nitrogens with zero attached hydrogens (tertiary/aromatic N) is 2. The predicted molar refractivity (Wildman–Crippen MR) is 96.8 cm³/mol. The highest BCUT2D eigenvalue weighted by Gasteiger charge is 2.10. The molecular weight excluding hydrogens is 334 g/mol. The minimum atomic E-state index is -0.470. The van der Waals surface area contributed by atoms with Gasteiger partial charge in [0.2, 0.25) is 11.8 Å². The van der Waals surface area contributed by atoms with Gasteiger partial charge in [-0.15, -0.1) is 0 Å². The fourth-order valence-electron chi connectivity index (χ4n) is 2.42. The van der Waals surface area contributed by atoms with Crippen LogP contribution in [-0.2, 0) is 11.2 Å². The normalized spacial score (nSPS) is 10.5. The minimum absolute atomic E-state index is 0.00163. The van der Waals surface area contributed by atoms with Gasteiger partial charge in [-0.25, -0.2) is 4.98 Å². The summed E-state index contributed by atoms with van der Waals surface area (Å²) in [6.45, 7) is 3.74. The third-order valence-corrected chi connectivity index (χ3v) is 3.96. The Morgan fingerprint density at radius 1 is 1.12 bits per heavy atom. The lowest BCUT2D eigenvalue weighted by molar-refractivity contribution is -0.384. The van der Waals surface area contributed by atoms with Crippen molar-refractivity contribution in [2.75, 3.05) is 5.32 Å². The topological polar surface area (TPSA) is 98.3 Å². The highest BCUT2D eigenvalue weighted by Crippen LogP contribution is 2.23. The highest BCUT2D eigenvalue weighted by molar-refractivity contribution is 5.92. The summed E-state index contributed by atoms with van der Waals surface area (Å²) in [6.07, 6.45) is 0.137. The van der Waals surface area contributed by atoms with Crippen molar-refractivity contribution >= 4 is 17.3 Å². The summed E-state index contributed by atoms with van der Waals surface area (Å²) < 4.78 is 5.58. The Bertz CT molecular complexity index is 924. The van der Waals surface area contributed by atoms with E-state index in [9.17, 15) is 14.9 Å². The molecule has 26 heavy (non-hydrogen) atoms. The molecule has 0 atom stereocenters. The van der Waals surface area contributed by atoms with Gasteiger partial charge in [-0.1, -0.05) is 12.1 Å². The molecule has 0 saturated heterocycles. The number of nitro benzene ring substituents is 1. The molecule has 2 aromatic carbocycles. The molecule has 0 unspecified atom stereocenters. The van der Waals surface area contributed by atoms with Crippen molar-refractivity contribution in [3.63, 3.8) is 0 Å². The molecule has 1 heterocycles. The van der Waals surface area contributed by atoms with Gasteiger partial charge in [0.15, 0.2) is 0 Å². The molecular formula is C19H17N3O4. The molecule has 7 nitrogen and oxygen atoms in total. The van der Waals surface area contributed by atoms with Gasteiger partial charge < -0.3 is 9.73 Å². The monoisotopic (exact) mass is 351 g/mol. The van der Waals surface area contributed by atoms with Crippen molar-refractivity contribution in [1.29, 1.82) is 0 Å². The Morgan fingerprint density at radius 3 is 2.31 bits per heavy atom. The first kappa shape index (κ1) is 17.3. The molecule has 1 aromatic heterocycles. The zero-order chi connectivity index (χ0) is 18.7. The van der Waals surface area contributed by atoms with Gasteiger partial charge in [-0.3, -0.25) is 14.9 Å². The number of aromatic nitrogens is 1. The molecule has 0 aliphatic carbocycles. The molecule has 0 bridgehead atoms. The van der Waals surface area contributed by atoms with E-state index in [1.54, 1.807) is 24.3 Å². The van der Waals surface area contributed by atoms with E-state index in [1.807, 2.05) is 26.0 Å². The quantitative estimate of drug-likeness (QED) is 0.552. The molecule has 1 N–H and O–H groups in total. The zero-order valence-corrected chi connectivity index (χ0v) is 14.4. The lowest BCUT2D eigenvalue weighted by Crippen LogP contribution is -2.14. The number of rotatable bonds is 5. The second-order valence-electron chi connectivity index (χ2n) is 5.89. The Balaban J connectivity index is 1.63. The molecule has 3 rings (SSSR count). The van der Waals surface area contributed by atoms with Gasteiger partial charge in [0.05, 0.1) is 17.0 Å². The van der Waals surface area contributed by atoms with Crippen molar-refractivity contribution in [2.45, 2.75) is 20.3 Å². The van der Waals surface area contributed by atoms with E-state index >= 15 is 0 Å². The Labute approximate surface area is 149 Å². The van der Waals surface area contributed by atoms with Crippen molar-refractivity contribution in [2.24, 2.45) is 0 Å². The number of nitrogens with one attached hydrogen (secondary N) is 1. The molecule has 1 amide bonds. The summed E-state index contributed by atoms with van der Waals surface area (Å²) in [5, 5.41) is 13.4. The zero-order valence-electron chi connectivity index (χ0n) is 14.4. The van der Waals surface area contributed by atoms with Crippen LogP contribution in [0.2, 0.25) is 0 Å². The molecule has 0 fully saturated rings. The van der Waals surface area contributed by atoms with E-state index in [2.05, 4.69) is 10.3 Å². The van der Waals surface area contributed by atoms with Gasteiger partial charge >= 0.3 is 0 Å². The second-order valence-corrected chi connectivity index (χ2v) is 5.89. The number of aryl methyl sites for hydroxylation is 2. The molecule has 0 aliphatic rings. The van der Waals surface area contributed by atoms with Gasteiger partial charge in [-0.2, -0.15) is 0 Å². The smallest absolute Gasteiger partial charge is 0.269 e. The van der Waals surface area contributed by atoms with Crippen LogP contribution in [0.15, 0.2) is 52.9 Å². The van der Waals surface area contributed by atoms with Crippen LogP contribution in [0.3, 0.4) is 0 Å². The van der Waals surface area contributed by atoms with Gasteiger partial charge in [0.25, 0.3) is 5.69 Å². The number of oxazole rings is 1. The first-order chi connectivity index (χ1) is 12.4. The molecule has 132 valence electrons. The fourth-order valence-corrected chi connectivity index (χ4v) is 2.42. The maximum absolute atomic E-state index is 12.1. The van der Waals surface area contributed by atoms with Crippen molar-refractivity contribution < 1.29 is 14.1 Å². The summed E-state index contributed by atoms with van der Waals surface area (Å²) in [5.74, 6) is 1.12. The van der Waals surface area contributed by atoms with Gasteiger partial charge in [0.1, 0.15) is 5.76 Å². The number of non-ortho nitro benzene ring substituents is 1. The number of benzene rings is 2. The molecule has 0 spiro atoms. The molecule has 0 aliphatic heterocycles. The number of hydrogen-bond acceptors (Lipinski definition) is 5. The number of nitro groups is 1. The lowest BCUT2D eigenvalue weighted by Gasteiger charge is -2.06. The molecule has 0 radical (unpaired) electrons. The largest absolute Gasteiger partial charge is 0.441 e. The SMILES string of the molecule is Cc1nc(-c2ccc(NC(=O)Cc3ccc([N+](=O)[O-])cc3)cc2)oc1C. The van der Waals surface area contributed by atoms with E-state index in [0.29, 0.717) is 17.1 Å². The number of anilines is 1. The summed E-state index contributed by atoms with van der Waals surface area (Å²) in [7, 11) is 0. The summed E-state index contributed by atoms with van der Waals surface area (Å²) in [4.78, 5) is 26.6. The minimum Gasteiger partial charge on any atom is -0.441 e. The Morgan fingerprint density at radius 2 is 1.77 bits per heavy atom. The van der Waals surface area contributed by atoms with E-state index in [1.165, 1.54) is 12.1 Å². The highest BCUT2D eigenvalue weighted by atomic mass is 16.6. The lowest BCUT2D eigenvalue weighted by atomic mass is 10.1. The third-order valence-electron chi connectivity index (χ3n) is 3.96. The van der Waals surface area contributed by atoms with Crippen LogP contribution in [0, 0.1) is 24.0 Å². The number of carbonyl (C=O) groups excluding carboxylic acids is 1. The first-order valence-corrected chi connectivity index (χ1v) is 8.00. The summed E-state index contributed by atoms with van der Waals surface area (Å²) >= 11 is 0. The molecule has 7 heteroatoms. The fraction of sp³-hybridized carbons (Fsp3) is 0.158. The van der Waals surface area contributed by atoms with E-state index in [-0.39, 0.29) is 18.0 Å². The van der Waals surface area contributed by atoms with Crippen LogP contribution in [0.5, 0.6) is 0 Å². The Kier molecular flexibility index (Phi) is 4.79. The Hall–Kier alpha value is -3.48. The maximum atomic E-state index is 12.1. The van der Waals surface area contributed by atoms with E-state index in [4.69, 9.17) is 4.42 Å². The molecule has 0 saturated carbocycles. The van der Waals surface area contributed by atoms with Crippen LogP contribution in [0.25, 0.3) is 11.5 Å².